The second-order valence-electron chi connectivity index (χ2n) is 4.74. The molecule has 6 heteroatoms. The second-order valence-corrected chi connectivity index (χ2v) is 6.47. The van der Waals surface area contributed by atoms with E-state index in [0.29, 0.717) is 13.2 Å². The largest absolute Gasteiger partial charge is 0.462 e. The van der Waals surface area contributed by atoms with Gasteiger partial charge in [-0.25, -0.2) is 17.9 Å². The van der Waals surface area contributed by atoms with E-state index in [-0.39, 0.29) is 10.5 Å². The molecule has 1 aromatic carbocycles. The summed E-state index contributed by atoms with van der Waals surface area (Å²) in [5.74, 6) is -0.597. The lowest BCUT2D eigenvalue weighted by molar-refractivity contribution is 0.0495. The predicted octanol–water partition coefficient (Wildman–Crippen LogP) is 2.72. The fraction of sp³-hybridized carbons (Fsp3) is 0.533. The lowest BCUT2D eigenvalue weighted by atomic mass is 10.2. The Hall–Kier alpha value is -1.40. The summed E-state index contributed by atoms with van der Waals surface area (Å²) >= 11 is 0. The zero-order chi connectivity index (χ0) is 15.7. The van der Waals surface area contributed by atoms with Gasteiger partial charge in [-0.1, -0.05) is 38.8 Å². The van der Waals surface area contributed by atoms with E-state index in [1.54, 1.807) is 12.1 Å². The van der Waals surface area contributed by atoms with Crippen molar-refractivity contribution in [3.8, 4) is 0 Å². The average Bonchev–Trinajstić information content (AvgIpc) is 2.47. The Labute approximate surface area is 126 Å². The molecule has 0 unspecified atom stereocenters. The minimum absolute atomic E-state index is 0.0254. The maximum atomic E-state index is 12.2. The molecule has 1 rings (SSSR count). The highest BCUT2D eigenvalue weighted by atomic mass is 32.2. The summed E-state index contributed by atoms with van der Waals surface area (Å²) in [5, 5.41) is 0. The molecule has 21 heavy (non-hydrogen) atoms. The first-order chi connectivity index (χ1) is 10.0. The molecule has 0 fully saturated rings. The molecule has 0 saturated heterocycles. The Balaban J connectivity index is 2.90. The van der Waals surface area contributed by atoms with Crippen LogP contribution in [0.3, 0.4) is 0 Å². The normalized spacial score (nSPS) is 11.3. The molecule has 0 atom stereocenters. The molecular weight excluding hydrogens is 290 g/mol. The van der Waals surface area contributed by atoms with E-state index in [1.165, 1.54) is 12.1 Å². The number of unbranched alkanes of at least 4 members (excludes halogenated alkanes) is 2. The second kappa shape index (κ2) is 8.79. The quantitative estimate of drug-likeness (QED) is 0.562. The first kappa shape index (κ1) is 17.7. The monoisotopic (exact) mass is 313 g/mol. The number of esters is 1. The van der Waals surface area contributed by atoms with E-state index in [0.717, 1.165) is 25.7 Å². The maximum Gasteiger partial charge on any atom is 0.339 e. The van der Waals surface area contributed by atoms with E-state index in [4.69, 9.17) is 4.74 Å². The zero-order valence-electron chi connectivity index (χ0n) is 12.6. The van der Waals surface area contributed by atoms with E-state index < -0.39 is 16.0 Å². The molecule has 0 heterocycles. The van der Waals surface area contributed by atoms with Crippen LogP contribution >= 0.6 is 0 Å². The number of carbonyl (C=O) groups is 1. The number of sulfonamides is 1. The van der Waals surface area contributed by atoms with Crippen LogP contribution in [0.15, 0.2) is 29.2 Å². The minimum Gasteiger partial charge on any atom is -0.462 e. The summed E-state index contributed by atoms with van der Waals surface area (Å²) in [6, 6.07) is 6.12. The molecule has 5 nitrogen and oxygen atoms in total. The third-order valence-corrected chi connectivity index (χ3v) is 4.47. The Morgan fingerprint density at radius 1 is 1.14 bits per heavy atom. The molecule has 118 valence electrons. The molecular formula is C15H23NO4S. The SMILES string of the molecule is CCCCNS(=O)(=O)c1ccccc1C(=O)OCCCC. The van der Waals surface area contributed by atoms with Crippen molar-refractivity contribution in [3.63, 3.8) is 0 Å². The third kappa shape index (κ3) is 5.47. The molecule has 0 saturated carbocycles. The van der Waals surface area contributed by atoms with Crippen LogP contribution in [0.2, 0.25) is 0 Å². The number of hydrogen-bond donors (Lipinski definition) is 1. The van der Waals surface area contributed by atoms with Gasteiger partial charge < -0.3 is 4.74 Å². The van der Waals surface area contributed by atoms with Crippen LogP contribution in [0.1, 0.15) is 49.9 Å². The molecule has 0 aliphatic heterocycles. The van der Waals surface area contributed by atoms with Crippen LogP contribution in [0, 0.1) is 0 Å². The first-order valence-electron chi connectivity index (χ1n) is 7.28. The minimum atomic E-state index is -3.69. The maximum absolute atomic E-state index is 12.2. The van der Waals surface area contributed by atoms with E-state index in [1.807, 2.05) is 13.8 Å². The van der Waals surface area contributed by atoms with Crippen molar-refractivity contribution in [2.24, 2.45) is 0 Å². The predicted molar refractivity (Wildman–Crippen MR) is 81.7 cm³/mol. The van der Waals surface area contributed by atoms with Crippen molar-refractivity contribution >= 4 is 16.0 Å². The smallest absolute Gasteiger partial charge is 0.339 e. The lowest BCUT2D eigenvalue weighted by Crippen LogP contribution is -2.26. The van der Waals surface area contributed by atoms with Crippen LogP contribution in [0.4, 0.5) is 0 Å². The van der Waals surface area contributed by atoms with Gasteiger partial charge in [-0.05, 0) is 25.0 Å². The van der Waals surface area contributed by atoms with Gasteiger partial charge in [0.25, 0.3) is 0 Å². The molecule has 0 aromatic heterocycles. The fourth-order valence-electron chi connectivity index (χ4n) is 1.72. The number of ether oxygens (including phenoxy) is 1. The highest BCUT2D eigenvalue weighted by molar-refractivity contribution is 7.89. The molecule has 0 aliphatic rings. The van der Waals surface area contributed by atoms with Crippen molar-refractivity contribution in [3.05, 3.63) is 29.8 Å². The van der Waals surface area contributed by atoms with Gasteiger partial charge in [-0.15, -0.1) is 0 Å². The number of rotatable bonds is 9. The van der Waals surface area contributed by atoms with Gasteiger partial charge >= 0.3 is 5.97 Å². The van der Waals surface area contributed by atoms with E-state index in [2.05, 4.69) is 4.72 Å². The van der Waals surface area contributed by atoms with Crippen LogP contribution in [-0.2, 0) is 14.8 Å². The molecule has 0 aliphatic carbocycles. The van der Waals surface area contributed by atoms with Crippen molar-refractivity contribution in [2.75, 3.05) is 13.2 Å². The van der Waals surface area contributed by atoms with Gasteiger partial charge in [-0.2, -0.15) is 0 Å². The van der Waals surface area contributed by atoms with Crippen LogP contribution < -0.4 is 4.72 Å². The highest BCUT2D eigenvalue weighted by Crippen LogP contribution is 2.16. The van der Waals surface area contributed by atoms with Crippen molar-refractivity contribution in [1.29, 1.82) is 0 Å². The number of benzene rings is 1. The zero-order valence-corrected chi connectivity index (χ0v) is 13.4. The van der Waals surface area contributed by atoms with E-state index in [9.17, 15) is 13.2 Å². The third-order valence-electron chi connectivity index (χ3n) is 2.95. The Morgan fingerprint density at radius 3 is 2.48 bits per heavy atom. The summed E-state index contributed by atoms with van der Waals surface area (Å²) in [5.41, 5.74) is 0.0811. The molecule has 0 spiro atoms. The van der Waals surface area contributed by atoms with Crippen molar-refractivity contribution in [2.45, 2.75) is 44.4 Å². The number of nitrogens with one attached hydrogen (secondary N) is 1. The molecule has 0 amide bonds. The summed E-state index contributed by atoms with van der Waals surface area (Å²) in [4.78, 5) is 12.0. The van der Waals surface area contributed by atoms with Crippen molar-refractivity contribution < 1.29 is 17.9 Å². The van der Waals surface area contributed by atoms with Gasteiger partial charge in [0.1, 0.15) is 0 Å². The Morgan fingerprint density at radius 2 is 1.81 bits per heavy atom. The molecule has 1 N–H and O–H groups in total. The summed E-state index contributed by atoms with van der Waals surface area (Å²) in [7, 11) is -3.69. The Bertz CT molecular complexity index is 555. The van der Waals surface area contributed by atoms with Gasteiger partial charge in [0.05, 0.1) is 17.1 Å². The molecule has 1 aromatic rings. The van der Waals surface area contributed by atoms with E-state index >= 15 is 0 Å². The standard InChI is InChI=1S/C15H23NO4S/c1-3-5-11-16-21(18,19)14-10-8-7-9-13(14)15(17)20-12-6-4-2/h7-10,16H,3-6,11-12H2,1-2H3. The number of carbonyl (C=O) groups excluding carboxylic acids is 1. The average molecular weight is 313 g/mol. The van der Waals surface area contributed by atoms with Crippen LogP contribution in [0.5, 0.6) is 0 Å². The fourth-order valence-corrected chi connectivity index (χ4v) is 2.98. The Kier molecular flexibility index (Phi) is 7.39. The van der Waals surface area contributed by atoms with Gasteiger partial charge in [0.2, 0.25) is 10.0 Å². The lowest BCUT2D eigenvalue weighted by Gasteiger charge is -2.11. The summed E-state index contributed by atoms with van der Waals surface area (Å²) < 4.78 is 32.1. The van der Waals surface area contributed by atoms with Gasteiger partial charge in [0.15, 0.2) is 0 Å². The van der Waals surface area contributed by atoms with Gasteiger partial charge in [-0.3, -0.25) is 0 Å². The van der Waals surface area contributed by atoms with Crippen molar-refractivity contribution in [1.82, 2.24) is 4.72 Å². The first-order valence-corrected chi connectivity index (χ1v) is 8.77. The number of hydrogen-bond acceptors (Lipinski definition) is 4. The topological polar surface area (TPSA) is 72.5 Å². The molecule has 0 bridgehead atoms. The van der Waals surface area contributed by atoms with Crippen LogP contribution in [0.25, 0.3) is 0 Å². The summed E-state index contributed by atoms with van der Waals surface area (Å²) in [6.45, 7) is 4.63. The van der Waals surface area contributed by atoms with Gasteiger partial charge in [0, 0.05) is 6.54 Å². The molecule has 0 radical (unpaired) electrons. The highest BCUT2D eigenvalue weighted by Gasteiger charge is 2.22. The van der Waals surface area contributed by atoms with Crippen LogP contribution in [-0.4, -0.2) is 27.5 Å². The summed E-state index contributed by atoms with van der Waals surface area (Å²) in [6.07, 6.45) is 3.31.